The summed E-state index contributed by atoms with van der Waals surface area (Å²) >= 11 is 0. The van der Waals surface area contributed by atoms with E-state index in [1.54, 1.807) is 14.1 Å². The maximum Gasteiger partial charge on any atom is 0.471 e. The summed E-state index contributed by atoms with van der Waals surface area (Å²) in [6, 6.07) is 0. The maximum absolute atomic E-state index is 12.2. The van der Waals surface area contributed by atoms with Gasteiger partial charge in [-0.15, -0.1) is 0 Å². The van der Waals surface area contributed by atoms with Crippen molar-refractivity contribution in [2.75, 3.05) is 27.2 Å². The number of likely N-dealkylation sites (N-methyl/N-ethyl adjacent to an activating group) is 1. The van der Waals surface area contributed by atoms with Crippen molar-refractivity contribution in [3.63, 3.8) is 0 Å². The number of aliphatic carboxylic acids is 1. The lowest BCUT2D eigenvalue weighted by atomic mass is 9.86. The van der Waals surface area contributed by atoms with Gasteiger partial charge in [-0.05, 0) is 26.9 Å². The predicted octanol–water partition coefficient (Wildman–Crippen LogP) is 0.556. The van der Waals surface area contributed by atoms with Crippen LogP contribution >= 0.6 is 0 Å². The average Bonchev–Trinajstić information content (AvgIpc) is 2.26. The summed E-state index contributed by atoms with van der Waals surface area (Å²) in [5, 5.41) is 9.18. The maximum atomic E-state index is 12.2. The van der Waals surface area contributed by atoms with Gasteiger partial charge in [-0.2, -0.15) is 13.2 Å². The van der Waals surface area contributed by atoms with E-state index in [0.717, 1.165) is 0 Å². The second-order valence-corrected chi connectivity index (χ2v) is 4.52. The van der Waals surface area contributed by atoms with E-state index < -0.39 is 23.6 Å². The summed E-state index contributed by atoms with van der Waals surface area (Å²) in [4.78, 5) is 24.4. The first kappa shape index (κ1) is 14.7. The lowest BCUT2D eigenvalue weighted by Gasteiger charge is -2.42. The van der Waals surface area contributed by atoms with Gasteiger partial charge in [0.1, 0.15) is 5.54 Å². The molecule has 0 radical (unpaired) electrons. The Morgan fingerprint density at radius 2 is 1.67 bits per heavy atom. The van der Waals surface area contributed by atoms with Gasteiger partial charge >= 0.3 is 18.1 Å². The second kappa shape index (κ2) is 4.75. The van der Waals surface area contributed by atoms with E-state index in [-0.39, 0.29) is 25.9 Å². The van der Waals surface area contributed by atoms with Crippen molar-refractivity contribution in [3.05, 3.63) is 0 Å². The largest absolute Gasteiger partial charge is 0.480 e. The number of amides is 1. The molecule has 0 aromatic heterocycles. The highest BCUT2D eigenvalue weighted by Crippen LogP contribution is 2.29. The van der Waals surface area contributed by atoms with E-state index in [1.807, 2.05) is 0 Å². The Morgan fingerprint density at radius 1 is 1.22 bits per heavy atom. The average molecular weight is 268 g/mol. The smallest absolute Gasteiger partial charge is 0.471 e. The summed E-state index contributed by atoms with van der Waals surface area (Å²) < 4.78 is 36.7. The molecule has 104 valence electrons. The minimum atomic E-state index is -4.90. The summed E-state index contributed by atoms with van der Waals surface area (Å²) in [6.45, 7) is -0.411. The normalized spacial score (nSPS) is 20.0. The summed E-state index contributed by atoms with van der Waals surface area (Å²) in [5.74, 6) is -2.98. The summed E-state index contributed by atoms with van der Waals surface area (Å²) in [6.07, 6.45) is -4.93. The van der Waals surface area contributed by atoms with Gasteiger partial charge < -0.3 is 10.0 Å². The minimum Gasteiger partial charge on any atom is -0.480 e. The molecule has 0 saturated carbocycles. The molecule has 18 heavy (non-hydrogen) atoms. The molecule has 1 N–H and O–H groups in total. The van der Waals surface area contributed by atoms with Gasteiger partial charge in [0, 0.05) is 13.1 Å². The Kier molecular flexibility index (Phi) is 3.89. The van der Waals surface area contributed by atoms with Gasteiger partial charge in [0.2, 0.25) is 0 Å². The number of carboxylic acid groups (broad SMARTS) is 1. The van der Waals surface area contributed by atoms with E-state index in [1.165, 1.54) is 4.90 Å². The molecule has 0 spiro atoms. The van der Waals surface area contributed by atoms with Crippen molar-refractivity contribution in [2.24, 2.45) is 0 Å². The number of hydrogen-bond acceptors (Lipinski definition) is 3. The van der Waals surface area contributed by atoms with Crippen molar-refractivity contribution >= 4 is 11.9 Å². The second-order valence-electron chi connectivity index (χ2n) is 4.52. The van der Waals surface area contributed by atoms with Crippen LogP contribution in [0.1, 0.15) is 12.8 Å². The molecule has 1 heterocycles. The lowest BCUT2D eigenvalue weighted by molar-refractivity contribution is -0.188. The molecule has 0 bridgehead atoms. The predicted molar refractivity (Wildman–Crippen MR) is 55.9 cm³/mol. The number of piperidine rings is 1. The van der Waals surface area contributed by atoms with Crippen molar-refractivity contribution in [2.45, 2.75) is 24.6 Å². The monoisotopic (exact) mass is 268 g/mol. The molecule has 0 unspecified atom stereocenters. The zero-order chi connectivity index (χ0) is 14.1. The number of carboxylic acids is 1. The Hall–Kier alpha value is -1.31. The lowest BCUT2D eigenvalue weighted by Crippen LogP contribution is -2.59. The van der Waals surface area contributed by atoms with Gasteiger partial charge in [0.15, 0.2) is 0 Å². The molecule has 1 amide bonds. The molecule has 1 aliphatic rings. The van der Waals surface area contributed by atoms with Gasteiger partial charge in [0.05, 0.1) is 0 Å². The fourth-order valence-electron chi connectivity index (χ4n) is 2.11. The zero-order valence-electron chi connectivity index (χ0n) is 10.1. The third-order valence-corrected chi connectivity index (χ3v) is 3.37. The molecular formula is C10H15F3N2O3. The standard InChI is InChI=1S/C10H15F3N2O3/c1-14(2)9(8(17)18)3-5-15(6-4-9)7(16)10(11,12)13/h3-6H2,1-2H3,(H,17,18). The molecular weight excluding hydrogens is 253 g/mol. The van der Waals surface area contributed by atoms with E-state index in [0.29, 0.717) is 4.90 Å². The van der Waals surface area contributed by atoms with Crippen LogP contribution in [0.2, 0.25) is 0 Å². The number of halogens is 3. The Bertz CT molecular complexity index is 347. The van der Waals surface area contributed by atoms with Crippen LogP contribution in [0.15, 0.2) is 0 Å². The molecule has 0 aromatic carbocycles. The Balaban J connectivity index is 2.76. The van der Waals surface area contributed by atoms with Crippen LogP contribution in [-0.4, -0.2) is 65.7 Å². The van der Waals surface area contributed by atoms with E-state index in [2.05, 4.69) is 0 Å². The van der Waals surface area contributed by atoms with Crippen molar-refractivity contribution in [1.82, 2.24) is 9.80 Å². The van der Waals surface area contributed by atoms with Gasteiger partial charge in [-0.25, -0.2) is 0 Å². The quantitative estimate of drug-likeness (QED) is 0.794. The fraction of sp³-hybridized carbons (Fsp3) is 0.800. The molecule has 1 rings (SSSR count). The minimum absolute atomic E-state index is 0.0167. The number of rotatable bonds is 2. The van der Waals surface area contributed by atoms with E-state index >= 15 is 0 Å². The van der Waals surface area contributed by atoms with Crippen LogP contribution in [0.5, 0.6) is 0 Å². The fourth-order valence-corrected chi connectivity index (χ4v) is 2.11. The molecule has 0 atom stereocenters. The third-order valence-electron chi connectivity index (χ3n) is 3.37. The Labute approximate surface area is 102 Å². The number of likely N-dealkylation sites (tertiary alicyclic amines) is 1. The highest BCUT2D eigenvalue weighted by atomic mass is 19.4. The molecule has 1 fully saturated rings. The summed E-state index contributed by atoms with van der Waals surface area (Å²) in [7, 11) is 3.13. The number of carbonyl (C=O) groups excluding carboxylic acids is 1. The molecule has 5 nitrogen and oxygen atoms in total. The first-order chi connectivity index (χ1) is 8.11. The Morgan fingerprint density at radius 3 is 1.94 bits per heavy atom. The highest BCUT2D eigenvalue weighted by molar-refractivity contribution is 5.83. The number of carbonyl (C=O) groups is 2. The van der Waals surface area contributed by atoms with Crippen LogP contribution in [0.3, 0.4) is 0 Å². The van der Waals surface area contributed by atoms with Gasteiger partial charge in [0.25, 0.3) is 0 Å². The third kappa shape index (κ3) is 2.58. The number of hydrogen-bond donors (Lipinski definition) is 1. The van der Waals surface area contributed by atoms with Crippen LogP contribution in [-0.2, 0) is 9.59 Å². The number of alkyl halides is 3. The van der Waals surface area contributed by atoms with Crippen LogP contribution in [0, 0.1) is 0 Å². The topological polar surface area (TPSA) is 60.9 Å². The molecule has 8 heteroatoms. The van der Waals surface area contributed by atoms with Crippen LogP contribution in [0.25, 0.3) is 0 Å². The molecule has 1 aliphatic heterocycles. The van der Waals surface area contributed by atoms with Gasteiger partial charge in [-0.1, -0.05) is 0 Å². The van der Waals surface area contributed by atoms with Crippen LogP contribution < -0.4 is 0 Å². The van der Waals surface area contributed by atoms with Crippen molar-refractivity contribution in [3.8, 4) is 0 Å². The first-order valence-electron chi connectivity index (χ1n) is 5.38. The van der Waals surface area contributed by atoms with Crippen molar-refractivity contribution < 1.29 is 27.9 Å². The SMILES string of the molecule is CN(C)C1(C(=O)O)CCN(C(=O)C(F)(F)F)CC1. The van der Waals surface area contributed by atoms with E-state index in [9.17, 15) is 27.9 Å². The zero-order valence-corrected chi connectivity index (χ0v) is 10.1. The molecule has 0 aromatic rings. The van der Waals surface area contributed by atoms with Crippen LogP contribution in [0.4, 0.5) is 13.2 Å². The highest BCUT2D eigenvalue weighted by Gasteiger charge is 2.48. The number of nitrogens with zero attached hydrogens (tertiary/aromatic N) is 2. The van der Waals surface area contributed by atoms with Gasteiger partial charge in [-0.3, -0.25) is 14.5 Å². The molecule has 0 aliphatic carbocycles. The molecule has 1 saturated heterocycles. The van der Waals surface area contributed by atoms with E-state index in [4.69, 9.17) is 0 Å². The van der Waals surface area contributed by atoms with Crippen molar-refractivity contribution in [1.29, 1.82) is 0 Å². The summed E-state index contributed by atoms with van der Waals surface area (Å²) in [5.41, 5.74) is -1.19. The first-order valence-corrected chi connectivity index (χ1v) is 5.38.